The molecule has 2 aromatic rings. The van der Waals surface area contributed by atoms with E-state index in [2.05, 4.69) is 10.2 Å². The van der Waals surface area contributed by atoms with Crippen molar-refractivity contribution >= 4 is 28.9 Å². The zero-order chi connectivity index (χ0) is 19.5. The third-order valence-corrected chi connectivity index (χ3v) is 5.36. The highest BCUT2D eigenvalue weighted by Gasteiger charge is 2.35. The average molecular weight is 379 g/mol. The fourth-order valence-corrected chi connectivity index (χ4v) is 3.75. The number of hydrogen-bond acceptors (Lipinski definition) is 4. The smallest absolute Gasteiger partial charge is 0.229 e. The van der Waals surface area contributed by atoms with Gasteiger partial charge in [0.25, 0.3) is 0 Å². The summed E-state index contributed by atoms with van der Waals surface area (Å²) in [5, 5.41) is 3.05. The molecule has 2 heterocycles. The first-order valence-corrected chi connectivity index (χ1v) is 9.71. The zero-order valence-corrected chi connectivity index (χ0v) is 16.1. The first-order valence-electron chi connectivity index (χ1n) is 9.71. The lowest BCUT2D eigenvalue weighted by atomic mass is 10.1. The molecule has 6 nitrogen and oxygen atoms in total. The van der Waals surface area contributed by atoms with Gasteiger partial charge in [-0.05, 0) is 31.2 Å². The maximum Gasteiger partial charge on any atom is 0.229 e. The molecule has 2 fully saturated rings. The number of benzene rings is 2. The van der Waals surface area contributed by atoms with Crippen LogP contribution in [0.3, 0.4) is 0 Å². The van der Waals surface area contributed by atoms with Gasteiger partial charge in [-0.15, -0.1) is 0 Å². The van der Waals surface area contributed by atoms with Crippen LogP contribution in [0.1, 0.15) is 12.0 Å². The minimum absolute atomic E-state index is 0.00883. The van der Waals surface area contributed by atoms with Crippen LogP contribution in [-0.4, -0.2) is 44.7 Å². The molecule has 1 unspecified atom stereocenters. The standard InChI is InChI=1S/C22H25N3O3/c1-16-6-8-18(9-7-16)25-15-17(14-21(25)26)22(27)23-19-4-2-3-5-20(19)24-10-12-28-13-11-24/h2-9,17H,10-15H2,1H3,(H,23,27). The predicted molar refractivity (Wildman–Crippen MR) is 110 cm³/mol. The lowest BCUT2D eigenvalue weighted by Crippen LogP contribution is -2.37. The van der Waals surface area contributed by atoms with Crippen LogP contribution in [0.15, 0.2) is 48.5 Å². The summed E-state index contributed by atoms with van der Waals surface area (Å²) >= 11 is 0. The van der Waals surface area contributed by atoms with E-state index in [1.807, 2.05) is 55.5 Å². The Morgan fingerprint density at radius 1 is 1.07 bits per heavy atom. The van der Waals surface area contributed by atoms with E-state index >= 15 is 0 Å². The summed E-state index contributed by atoms with van der Waals surface area (Å²) in [6.07, 6.45) is 0.236. The molecule has 6 heteroatoms. The number of nitrogens with one attached hydrogen (secondary N) is 1. The molecule has 1 N–H and O–H groups in total. The summed E-state index contributed by atoms with van der Waals surface area (Å²) in [7, 11) is 0. The molecule has 2 saturated heterocycles. The molecular weight excluding hydrogens is 354 g/mol. The Morgan fingerprint density at radius 2 is 1.79 bits per heavy atom. The second kappa shape index (κ2) is 8.02. The molecule has 4 rings (SSSR count). The van der Waals surface area contributed by atoms with Crippen molar-refractivity contribution in [1.29, 1.82) is 0 Å². The van der Waals surface area contributed by atoms with Gasteiger partial charge in [-0.2, -0.15) is 0 Å². The number of rotatable bonds is 4. The topological polar surface area (TPSA) is 61.9 Å². The Hall–Kier alpha value is -2.86. The van der Waals surface area contributed by atoms with Crippen molar-refractivity contribution in [1.82, 2.24) is 0 Å². The second-order valence-electron chi connectivity index (χ2n) is 7.35. The molecule has 0 spiro atoms. The minimum Gasteiger partial charge on any atom is -0.378 e. The molecule has 0 saturated carbocycles. The molecule has 146 valence electrons. The lowest BCUT2D eigenvalue weighted by Gasteiger charge is -2.30. The van der Waals surface area contributed by atoms with E-state index in [9.17, 15) is 9.59 Å². The van der Waals surface area contributed by atoms with E-state index in [4.69, 9.17) is 4.74 Å². The summed E-state index contributed by atoms with van der Waals surface area (Å²) in [6, 6.07) is 15.6. The number of nitrogens with zero attached hydrogens (tertiary/aromatic N) is 2. The number of ether oxygens (including phenoxy) is 1. The number of carbonyl (C=O) groups excluding carboxylic acids is 2. The Kier molecular flexibility index (Phi) is 5.30. The molecule has 2 aromatic carbocycles. The fraction of sp³-hybridized carbons (Fsp3) is 0.364. The van der Waals surface area contributed by atoms with E-state index in [0.717, 1.165) is 35.7 Å². The van der Waals surface area contributed by atoms with Gasteiger partial charge in [-0.25, -0.2) is 0 Å². The van der Waals surface area contributed by atoms with Crippen molar-refractivity contribution in [2.45, 2.75) is 13.3 Å². The van der Waals surface area contributed by atoms with E-state index in [1.54, 1.807) is 4.90 Å². The SMILES string of the molecule is Cc1ccc(N2CC(C(=O)Nc3ccccc3N3CCOCC3)CC2=O)cc1. The second-order valence-corrected chi connectivity index (χ2v) is 7.35. The number of anilines is 3. The van der Waals surface area contributed by atoms with E-state index in [-0.39, 0.29) is 24.2 Å². The van der Waals surface area contributed by atoms with Crippen LogP contribution >= 0.6 is 0 Å². The summed E-state index contributed by atoms with van der Waals surface area (Å²) in [5.41, 5.74) is 3.78. The van der Waals surface area contributed by atoms with Crippen LogP contribution in [-0.2, 0) is 14.3 Å². The van der Waals surface area contributed by atoms with Crippen LogP contribution in [0.5, 0.6) is 0 Å². The molecule has 0 bridgehead atoms. The van der Waals surface area contributed by atoms with Gasteiger partial charge in [-0.3, -0.25) is 9.59 Å². The normalized spacial score (nSPS) is 19.8. The third-order valence-electron chi connectivity index (χ3n) is 5.36. The highest BCUT2D eigenvalue weighted by molar-refractivity contribution is 6.04. The molecule has 0 aliphatic carbocycles. The summed E-state index contributed by atoms with van der Waals surface area (Å²) < 4.78 is 5.42. The zero-order valence-electron chi connectivity index (χ0n) is 16.1. The van der Waals surface area contributed by atoms with Crippen molar-refractivity contribution in [3.63, 3.8) is 0 Å². The Labute approximate surface area is 165 Å². The highest BCUT2D eigenvalue weighted by atomic mass is 16.5. The lowest BCUT2D eigenvalue weighted by molar-refractivity contribution is -0.122. The van der Waals surface area contributed by atoms with Crippen molar-refractivity contribution in [3.8, 4) is 0 Å². The maximum atomic E-state index is 12.9. The van der Waals surface area contributed by atoms with Gasteiger partial charge >= 0.3 is 0 Å². The summed E-state index contributed by atoms with van der Waals surface area (Å²) in [5.74, 6) is -0.472. The third kappa shape index (κ3) is 3.87. The highest BCUT2D eigenvalue weighted by Crippen LogP contribution is 2.29. The number of morpholine rings is 1. The fourth-order valence-electron chi connectivity index (χ4n) is 3.75. The largest absolute Gasteiger partial charge is 0.378 e. The molecule has 0 aromatic heterocycles. The number of amides is 2. The van der Waals surface area contributed by atoms with E-state index < -0.39 is 0 Å². The number of aryl methyl sites for hydroxylation is 1. The van der Waals surface area contributed by atoms with Gasteiger partial charge in [0.15, 0.2) is 0 Å². The van der Waals surface area contributed by atoms with Crippen LogP contribution in [0.25, 0.3) is 0 Å². The van der Waals surface area contributed by atoms with Gasteiger partial charge in [0.05, 0.1) is 30.5 Å². The van der Waals surface area contributed by atoms with Gasteiger partial charge < -0.3 is 19.9 Å². The average Bonchev–Trinajstić information content (AvgIpc) is 3.11. The molecule has 2 amide bonds. The first kappa shape index (κ1) is 18.5. The van der Waals surface area contributed by atoms with E-state index in [0.29, 0.717) is 19.8 Å². The van der Waals surface area contributed by atoms with E-state index in [1.165, 1.54) is 0 Å². The van der Waals surface area contributed by atoms with Crippen LogP contribution in [0.2, 0.25) is 0 Å². The number of carbonyl (C=O) groups is 2. The quantitative estimate of drug-likeness (QED) is 0.887. The predicted octanol–water partition coefficient (Wildman–Crippen LogP) is 2.82. The van der Waals surface area contributed by atoms with Gasteiger partial charge in [0.1, 0.15) is 0 Å². The van der Waals surface area contributed by atoms with Crippen LogP contribution < -0.4 is 15.1 Å². The van der Waals surface area contributed by atoms with Crippen LogP contribution in [0, 0.1) is 12.8 Å². The van der Waals surface area contributed by atoms with Crippen molar-refractivity contribution in [3.05, 3.63) is 54.1 Å². The molecular formula is C22H25N3O3. The van der Waals surface area contributed by atoms with Crippen LogP contribution in [0.4, 0.5) is 17.1 Å². The van der Waals surface area contributed by atoms with Crippen molar-refractivity contribution in [2.75, 3.05) is 48.0 Å². The summed E-state index contributed by atoms with van der Waals surface area (Å²) in [4.78, 5) is 29.3. The summed E-state index contributed by atoms with van der Waals surface area (Å²) in [6.45, 7) is 5.40. The van der Waals surface area contributed by atoms with Gasteiger partial charge in [-0.1, -0.05) is 29.8 Å². The molecule has 28 heavy (non-hydrogen) atoms. The number of hydrogen-bond donors (Lipinski definition) is 1. The van der Waals surface area contributed by atoms with Crippen molar-refractivity contribution in [2.24, 2.45) is 5.92 Å². The first-order chi connectivity index (χ1) is 13.6. The molecule has 2 aliphatic heterocycles. The van der Waals surface area contributed by atoms with Gasteiger partial charge in [0.2, 0.25) is 11.8 Å². The Bertz CT molecular complexity index is 860. The van der Waals surface area contributed by atoms with Gasteiger partial charge in [0, 0.05) is 31.7 Å². The molecule has 2 aliphatic rings. The Balaban J connectivity index is 1.46. The monoisotopic (exact) mass is 379 g/mol. The maximum absolute atomic E-state index is 12.9. The van der Waals surface area contributed by atoms with Crippen molar-refractivity contribution < 1.29 is 14.3 Å². The minimum atomic E-state index is -0.355. The number of para-hydroxylation sites is 2. The molecule has 1 atom stereocenters. The Morgan fingerprint density at radius 3 is 2.54 bits per heavy atom. The molecule has 0 radical (unpaired) electrons.